The van der Waals surface area contributed by atoms with Crippen LogP contribution in [0, 0.1) is 12.7 Å². The van der Waals surface area contributed by atoms with E-state index in [1.807, 2.05) is 0 Å². The van der Waals surface area contributed by atoms with Gasteiger partial charge in [-0.2, -0.15) is 10.1 Å². The Morgan fingerprint density at radius 2 is 2.15 bits per heavy atom. The number of ether oxygens (including phenoxy) is 1. The zero-order chi connectivity index (χ0) is 14.3. The van der Waals surface area contributed by atoms with Crippen LogP contribution < -0.4 is 10.4 Å². The van der Waals surface area contributed by atoms with Crippen molar-refractivity contribution in [1.29, 1.82) is 0 Å². The van der Waals surface area contributed by atoms with E-state index in [-0.39, 0.29) is 11.6 Å². The predicted molar refractivity (Wildman–Crippen MR) is 72.5 cm³/mol. The van der Waals surface area contributed by atoms with Gasteiger partial charge in [0.1, 0.15) is 17.4 Å². The van der Waals surface area contributed by atoms with Crippen molar-refractivity contribution in [3.05, 3.63) is 50.9 Å². The Kier molecular flexibility index (Phi) is 3.01. The number of hydrogen-bond donors (Lipinski definition) is 1. The molecule has 2 aromatic heterocycles. The minimum Gasteiger partial charge on any atom is -0.439 e. The summed E-state index contributed by atoms with van der Waals surface area (Å²) in [6.45, 7) is 1.65. The van der Waals surface area contributed by atoms with Crippen LogP contribution in [-0.4, -0.2) is 19.6 Å². The molecule has 3 aromatic rings. The molecule has 0 atom stereocenters. The van der Waals surface area contributed by atoms with E-state index >= 15 is 0 Å². The minimum atomic E-state index is -0.428. The largest absolute Gasteiger partial charge is 0.439 e. The maximum Gasteiger partial charge on any atom is 0.349 e. The quantitative estimate of drug-likeness (QED) is 0.778. The Morgan fingerprint density at radius 1 is 1.35 bits per heavy atom. The normalized spacial score (nSPS) is 10.9. The van der Waals surface area contributed by atoms with Gasteiger partial charge in [-0.15, -0.1) is 0 Å². The highest BCUT2D eigenvalue weighted by Crippen LogP contribution is 2.25. The number of benzene rings is 1. The molecule has 3 rings (SSSR count). The zero-order valence-electron chi connectivity index (χ0n) is 10.2. The van der Waals surface area contributed by atoms with E-state index in [1.165, 1.54) is 22.6 Å². The molecule has 0 fully saturated rings. The monoisotopic (exact) mass is 338 g/mol. The molecular weight excluding hydrogens is 331 g/mol. The number of aromatic amines is 1. The lowest BCUT2D eigenvalue weighted by molar-refractivity contribution is 0.455. The van der Waals surface area contributed by atoms with Crippen LogP contribution in [0.25, 0.3) is 5.65 Å². The molecule has 20 heavy (non-hydrogen) atoms. The van der Waals surface area contributed by atoms with Crippen LogP contribution in [0.1, 0.15) is 5.82 Å². The van der Waals surface area contributed by atoms with E-state index in [0.29, 0.717) is 21.7 Å². The highest BCUT2D eigenvalue weighted by atomic mass is 79.9. The number of nitrogens with one attached hydrogen (secondary N) is 1. The molecule has 2 heterocycles. The number of aromatic nitrogens is 4. The van der Waals surface area contributed by atoms with Gasteiger partial charge in [0.05, 0.1) is 0 Å². The number of fused-ring (bicyclic) bond motifs is 1. The molecular formula is C12H8BrFN4O2. The summed E-state index contributed by atoms with van der Waals surface area (Å²) in [6.07, 6.45) is 0. The van der Waals surface area contributed by atoms with Gasteiger partial charge in [-0.05, 0) is 19.1 Å². The molecule has 0 radical (unpaired) electrons. The van der Waals surface area contributed by atoms with Crippen LogP contribution in [0.4, 0.5) is 4.39 Å². The van der Waals surface area contributed by atoms with Crippen molar-refractivity contribution in [2.75, 3.05) is 0 Å². The zero-order valence-corrected chi connectivity index (χ0v) is 11.8. The van der Waals surface area contributed by atoms with E-state index in [0.717, 1.165) is 0 Å². The number of H-pyrrole nitrogens is 1. The molecule has 0 amide bonds. The summed E-state index contributed by atoms with van der Waals surface area (Å²) in [5.41, 5.74) is 0.0121. The highest BCUT2D eigenvalue weighted by molar-refractivity contribution is 9.10. The molecule has 0 aliphatic heterocycles. The first-order valence-electron chi connectivity index (χ1n) is 5.61. The van der Waals surface area contributed by atoms with Crippen molar-refractivity contribution in [2.24, 2.45) is 0 Å². The first kappa shape index (κ1) is 12.8. The van der Waals surface area contributed by atoms with E-state index in [1.54, 1.807) is 13.0 Å². The lowest BCUT2D eigenvalue weighted by atomic mass is 10.3. The smallest absolute Gasteiger partial charge is 0.349 e. The molecule has 1 aromatic carbocycles. The number of aryl methyl sites for hydroxylation is 1. The topological polar surface area (TPSA) is 72.3 Å². The third kappa shape index (κ3) is 2.29. The summed E-state index contributed by atoms with van der Waals surface area (Å²) in [5.74, 6) is 0.521. The molecule has 0 saturated heterocycles. The second kappa shape index (κ2) is 4.71. The summed E-state index contributed by atoms with van der Waals surface area (Å²) < 4.78 is 20.6. The molecule has 0 unspecified atom stereocenters. The highest BCUT2D eigenvalue weighted by Gasteiger charge is 2.09. The third-order valence-corrected chi connectivity index (χ3v) is 3.06. The van der Waals surface area contributed by atoms with E-state index in [4.69, 9.17) is 4.74 Å². The van der Waals surface area contributed by atoms with Crippen molar-refractivity contribution in [3.8, 4) is 11.6 Å². The Bertz CT molecular complexity index is 838. The Balaban J connectivity index is 2.04. The standard InChI is InChI=1S/C12H8BrFN4O2/c1-6-15-11(5-10-16-17-12(19)18(6)10)20-9-3-7(13)2-8(14)4-9/h2-5H,1H3,(H,17,19). The minimum absolute atomic E-state index is 0.228. The van der Waals surface area contributed by atoms with Crippen molar-refractivity contribution >= 4 is 21.6 Å². The third-order valence-electron chi connectivity index (χ3n) is 2.60. The number of nitrogens with zero attached hydrogens (tertiary/aromatic N) is 3. The van der Waals surface area contributed by atoms with Crippen molar-refractivity contribution < 1.29 is 9.13 Å². The van der Waals surface area contributed by atoms with Gasteiger partial charge in [-0.3, -0.25) is 0 Å². The molecule has 102 valence electrons. The maximum absolute atomic E-state index is 13.3. The second-order valence-electron chi connectivity index (χ2n) is 4.07. The van der Waals surface area contributed by atoms with Crippen LogP contribution in [-0.2, 0) is 0 Å². The molecule has 6 nitrogen and oxygen atoms in total. The fourth-order valence-electron chi connectivity index (χ4n) is 1.83. The Morgan fingerprint density at radius 3 is 2.90 bits per heavy atom. The molecule has 0 saturated carbocycles. The summed E-state index contributed by atoms with van der Waals surface area (Å²) in [7, 11) is 0. The molecule has 0 spiro atoms. The van der Waals surface area contributed by atoms with Crippen molar-refractivity contribution in [3.63, 3.8) is 0 Å². The summed E-state index contributed by atoms with van der Waals surface area (Å²) >= 11 is 3.18. The Hall–Kier alpha value is -2.22. The van der Waals surface area contributed by atoms with Crippen LogP contribution in [0.2, 0.25) is 0 Å². The fourth-order valence-corrected chi connectivity index (χ4v) is 2.28. The predicted octanol–water partition coefficient (Wildman–Crippen LogP) is 2.42. The van der Waals surface area contributed by atoms with Gasteiger partial charge in [-0.25, -0.2) is 18.7 Å². The lowest BCUT2D eigenvalue weighted by Crippen LogP contribution is -2.13. The summed E-state index contributed by atoms with van der Waals surface area (Å²) in [4.78, 5) is 15.6. The summed E-state index contributed by atoms with van der Waals surface area (Å²) in [6, 6.07) is 5.66. The second-order valence-corrected chi connectivity index (χ2v) is 4.99. The number of halogens is 2. The van der Waals surface area contributed by atoms with E-state index in [9.17, 15) is 9.18 Å². The number of rotatable bonds is 2. The average Bonchev–Trinajstić information content (AvgIpc) is 2.69. The molecule has 8 heteroatoms. The first-order chi connectivity index (χ1) is 9.52. The van der Waals surface area contributed by atoms with Crippen molar-refractivity contribution in [1.82, 2.24) is 19.6 Å². The van der Waals surface area contributed by atoms with E-state index in [2.05, 4.69) is 31.1 Å². The fraction of sp³-hybridized carbons (Fsp3) is 0.0833. The van der Waals surface area contributed by atoms with Gasteiger partial charge < -0.3 is 4.74 Å². The van der Waals surface area contributed by atoms with Gasteiger partial charge in [0.2, 0.25) is 5.88 Å². The van der Waals surface area contributed by atoms with Gasteiger partial charge in [0, 0.05) is 16.6 Å². The average molecular weight is 339 g/mol. The lowest BCUT2D eigenvalue weighted by Gasteiger charge is -2.06. The summed E-state index contributed by atoms with van der Waals surface area (Å²) in [5, 5.41) is 6.16. The van der Waals surface area contributed by atoms with Gasteiger partial charge in [0.15, 0.2) is 5.65 Å². The van der Waals surface area contributed by atoms with Crippen molar-refractivity contribution in [2.45, 2.75) is 6.92 Å². The molecule has 0 aliphatic carbocycles. The van der Waals surface area contributed by atoms with Gasteiger partial charge in [-0.1, -0.05) is 15.9 Å². The number of hydrogen-bond acceptors (Lipinski definition) is 4. The van der Waals surface area contributed by atoms with E-state index < -0.39 is 5.82 Å². The Labute approximate surface area is 120 Å². The SMILES string of the molecule is Cc1nc(Oc2cc(F)cc(Br)c2)cc2n[nH]c(=O)n12. The maximum atomic E-state index is 13.3. The van der Waals surface area contributed by atoms with Crippen LogP contribution in [0.3, 0.4) is 0 Å². The van der Waals surface area contributed by atoms with Crippen LogP contribution in [0.5, 0.6) is 11.6 Å². The van der Waals surface area contributed by atoms with Gasteiger partial charge >= 0.3 is 5.69 Å². The molecule has 0 bridgehead atoms. The van der Waals surface area contributed by atoms with Crippen LogP contribution >= 0.6 is 15.9 Å². The van der Waals surface area contributed by atoms with Gasteiger partial charge in [0.25, 0.3) is 0 Å². The molecule has 0 aliphatic rings. The molecule has 1 N–H and O–H groups in total. The van der Waals surface area contributed by atoms with Crippen LogP contribution in [0.15, 0.2) is 33.5 Å². The first-order valence-corrected chi connectivity index (χ1v) is 6.41.